The van der Waals surface area contributed by atoms with Gasteiger partial charge in [0.15, 0.2) is 0 Å². The smallest absolute Gasteiger partial charge is 0.103 e. The molecule has 2 unspecified atom stereocenters. The fourth-order valence-corrected chi connectivity index (χ4v) is 5.05. The molecule has 144 valence electrons. The topological polar surface area (TPSA) is 0 Å². The fourth-order valence-electron chi connectivity index (χ4n) is 4.30. The number of alkyl halides is 1. The van der Waals surface area contributed by atoms with Gasteiger partial charge in [0, 0.05) is 10.6 Å². The second-order valence-corrected chi connectivity index (χ2v) is 9.03. The minimum atomic E-state index is -0.805. The summed E-state index contributed by atoms with van der Waals surface area (Å²) in [6.45, 7) is 2.38. The molecule has 0 bridgehead atoms. The summed E-state index contributed by atoms with van der Waals surface area (Å²) >= 11 is 13.9. The number of benzene rings is 3. The highest BCUT2D eigenvalue weighted by atomic mass is 35.5. The van der Waals surface area contributed by atoms with Crippen molar-refractivity contribution in [3.05, 3.63) is 106 Å². The minimum Gasteiger partial charge on any atom is -0.103 e. The van der Waals surface area contributed by atoms with E-state index >= 15 is 0 Å². The summed E-state index contributed by atoms with van der Waals surface area (Å²) in [5.41, 5.74) is 4.38. The van der Waals surface area contributed by atoms with Gasteiger partial charge in [-0.25, -0.2) is 0 Å². The summed E-state index contributed by atoms with van der Waals surface area (Å²) in [6.07, 6.45) is 5.22. The van der Waals surface area contributed by atoms with Gasteiger partial charge in [-0.15, -0.1) is 11.6 Å². The lowest BCUT2D eigenvalue weighted by atomic mass is 9.72. The van der Waals surface area contributed by atoms with Crippen molar-refractivity contribution in [2.24, 2.45) is 11.8 Å². The summed E-state index contributed by atoms with van der Waals surface area (Å²) in [6, 6.07) is 26.9. The maximum absolute atomic E-state index is 7.37. The molecule has 3 atom stereocenters. The molecule has 2 heteroatoms. The molecule has 1 fully saturated rings. The molecule has 1 aliphatic rings. The minimum absolute atomic E-state index is 0.685. The van der Waals surface area contributed by atoms with Crippen LogP contribution in [-0.2, 0) is 11.3 Å². The Morgan fingerprint density at radius 1 is 0.821 bits per heavy atom. The van der Waals surface area contributed by atoms with Gasteiger partial charge >= 0.3 is 0 Å². The maximum atomic E-state index is 7.37. The molecule has 0 radical (unpaired) electrons. The Labute approximate surface area is 178 Å². The molecular weight excluding hydrogens is 383 g/mol. The van der Waals surface area contributed by atoms with Crippen molar-refractivity contribution in [1.82, 2.24) is 0 Å². The van der Waals surface area contributed by atoms with Gasteiger partial charge in [0.25, 0.3) is 0 Å². The molecule has 0 spiro atoms. The standard InChI is InChI=1S/C26H26Cl2/c1-19-11-15-21(19)16-12-20-13-17-23(18-14-20)26(28,22-7-3-2-4-8-22)24-9-5-6-10-25(24)27/h2-10,13-14,17-19,21H,11-12,15-16H2,1H3/t19-,21?,26?/m1/s1. The first kappa shape index (κ1) is 19.6. The Morgan fingerprint density at radius 2 is 1.46 bits per heavy atom. The molecule has 0 heterocycles. The van der Waals surface area contributed by atoms with E-state index in [2.05, 4.69) is 43.3 Å². The molecule has 0 N–H and O–H groups in total. The lowest BCUT2D eigenvalue weighted by Crippen LogP contribution is -2.23. The molecule has 1 aliphatic carbocycles. The van der Waals surface area contributed by atoms with Crippen LogP contribution in [0.4, 0.5) is 0 Å². The maximum Gasteiger partial charge on any atom is 0.121 e. The first-order chi connectivity index (χ1) is 13.6. The average molecular weight is 409 g/mol. The third kappa shape index (κ3) is 3.73. The van der Waals surface area contributed by atoms with E-state index in [1.54, 1.807) is 0 Å². The van der Waals surface area contributed by atoms with Crippen molar-refractivity contribution in [3.8, 4) is 0 Å². The van der Waals surface area contributed by atoms with Gasteiger partial charge in [0.1, 0.15) is 4.87 Å². The molecule has 1 saturated carbocycles. The summed E-state index contributed by atoms with van der Waals surface area (Å²) in [4.78, 5) is -0.805. The number of rotatable bonds is 6. The number of halogens is 2. The van der Waals surface area contributed by atoms with Crippen LogP contribution in [0.2, 0.25) is 5.02 Å². The highest BCUT2D eigenvalue weighted by molar-refractivity contribution is 6.34. The molecule has 3 aromatic rings. The quantitative estimate of drug-likeness (QED) is 0.287. The second-order valence-electron chi connectivity index (χ2n) is 8.05. The zero-order chi connectivity index (χ0) is 19.6. The summed E-state index contributed by atoms with van der Waals surface area (Å²) in [5, 5.41) is 0.685. The van der Waals surface area contributed by atoms with E-state index in [-0.39, 0.29) is 0 Å². The number of aryl methyl sites for hydroxylation is 1. The van der Waals surface area contributed by atoms with E-state index in [1.807, 2.05) is 42.5 Å². The average Bonchev–Trinajstić information content (AvgIpc) is 2.73. The van der Waals surface area contributed by atoms with Crippen molar-refractivity contribution in [1.29, 1.82) is 0 Å². The second kappa shape index (κ2) is 8.31. The van der Waals surface area contributed by atoms with Gasteiger partial charge in [0.2, 0.25) is 0 Å². The van der Waals surface area contributed by atoms with Gasteiger partial charge in [-0.3, -0.25) is 0 Å². The Balaban J connectivity index is 1.66. The zero-order valence-electron chi connectivity index (χ0n) is 16.2. The van der Waals surface area contributed by atoms with E-state index in [4.69, 9.17) is 23.2 Å². The van der Waals surface area contributed by atoms with E-state index in [9.17, 15) is 0 Å². The van der Waals surface area contributed by atoms with E-state index in [1.165, 1.54) is 24.8 Å². The van der Waals surface area contributed by atoms with E-state index in [0.29, 0.717) is 5.02 Å². The molecular formula is C26H26Cl2. The first-order valence-corrected chi connectivity index (χ1v) is 10.9. The third-order valence-corrected chi connectivity index (χ3v) is 7.34. The fraction of sp³-hybridized carbons (Fsp3) is 0.308. The van der Waals surface area contributed by atoms with Gasteiger partial charge in [-0.1, -0.05) is 97.7 Å². The monoisotopic (exact) mass is 408 g/mol. The van der Waals surface area contributed by atoms with Crippen LogP contribution in [0.3, 0.4) is 0 Å². The molecule has 0 aliphatic heterocycles. The van der Waals surface area contributed by atoms with E-state index < -0.39 is 4.87 Å². The molecule has 0 aromatic heterocycles. The van der Waals surface area contributed by atoms with Crippen LogP contribution in [0.1, 0.15) is 48.4 Å². The van der Waals surface area contributed by atoms with Gasteiger partial charge in [0.05, 0.1) is 0 Å². The van der Waals surface area contributed by atoms with Gasteiger partial charge in [-0.2, -0.15) is 0 Å². The lowest BCUT2D eigenvalue weighted by molar-refractivity contribution is 0.184. The third-order valence-electron chi connectivity index (χ3n) is 6.37. The lowest BCUT2D eigenvalue weighted by Gasteiger charge is -2.34. The van der Waals surface area contributed by atoms with Crippen LogP contribution in [0.15, 0.2) is 78.9 Å². The summed E-state index contributed by atoms with van der Waals surface area (Å²) in [7, 11) is 0. The van der Waals surface area contributed by atoms with Crippen LogP contribution < -0.4 is 0 Å². The Morgan fingerprint density at radius 3 is 2.07 bits per heavy atom. The summed E-state index contributed by atoms with van der Waals surface area (Å²) in [5.74, 6) is 1.80. The zero-order valence-corrected chi connectivity index (χ0v) is 17.8. The van der Waals surface area contributed by atoms with Crippen molar-refractivity contribution in [3.63, 3.8) is 0 Å². The molecule has 3 aromatic carbocycles. The van der Waals surface area contributed by atoms with Crippen LogP contribution >= 0.6 is 23.2 Å². The van der Waals surface area contributed by atoms with Crippen LogP contribution in [0, 0.1) is 11.8 Å². The molecule has 4 rings (SSSR count). The van der Waals surface area contributed by atoms with Crippen molar-refractivity contribution >= 4 is 23.2 Å². The summed E-state index contributed by atoms with van der Waals surface area (Å²) < 4.78 is 0. The Bertz CT molecular complexity index is 917. The Kier molecular flexibility index (Phi) is 5.80. The SMILES string of the molecule is C[C@@H]1CCC1CCc1ccc(C(Cl)(c2ccccc2)c2ccccc2Cl)cc1. The number of hydrogen-bond donors (Lipinski definition) is 0. The van der Waals surface area contributed by atoms with Crippen molar-refractivity contribution in [2.75, 3.05) is 0 Å². The van der Waals surface area contributed by atoms with Crippen LogP contribution in [-0.4, -0.2) is 0 Å². The first-order valence-electron chi connectivity index (χ1n) is 10.2. The van der Waals surface area contributed by atoms with Crippen LogP contribution in [0.25, 0.3) is 0 Å². The molecule has 28 heavy (non-hydrogen) atoms. The highest BCUT2D eigenvalue weighted by Gasteiger charge is 2.35. The molecule has 0 amide bonds. The van der Waals surface area contributed by atoms with Gasteiger partial charge in [-0.05, 0) is 53.9 Å². The predicted molar refractivity (Wildman–Crippen MR) is 120 cm³/mol. The predicted octanol–water partition coefficient (Wildman–Crippen LogP) is 7.85. The van der Waals surface area contributed by atoms with E-state index in [0.717, 1.165) is 34.9 Å². The Hall–Kier alpha value is -1.76. The van der Waals surface area contributed by atoms with Crippen molar-refractivity contribution in [2.45, 2.75) is 37.5 Å². The molecule has 0 nitrogen and oxygen atoms in total. The van der Waals surface area contributed by atoms with Crippen LogP contribution in [0.5, 0.6) is 0 Å². The highest BCUT2D eigenvalue weighted by Crippen LogP contribution is 2.45. The number of hydrogen-bond acceptors (Lipinski definition) is 0. The normalized spacial score (nSPS) is 21.0. The largest absolute Gasteiger partial charge is 0.121 e. The van der Waals surface area contributed by atoms with Crippen molar-refractivity contribution < 1.29 is 0 Å². The molecule has 0 saturated heterocycles. The van der Waals surface area contributed by atoms with Gasteiger partial charge < -0.3 is 0 Å².